The molecular weight excluding hydrogens is 148 g/mol. The number of rotatable bonds is 2. The van der Waals surface area contributed by atoms with Crippen LogP contribution >= 0.6 is 0 Å². The van der Waals surface area contributed by atoms with Crippen LogP contribution in [0.25, 0.3) is 0 Å². The maximum Gasteiger partial charge on any atom is 0.0578 e. The highest BCUT2D eigenvalue weighted by molar-refractivity contribution is 4.98. The molecule has 68 valence electrons. The molecule has 0 saturated heterocycles. The Morgan fingerprint density at radius 1 is 1.50 bits per heavy atom. The summed E-state index contributed by atoms with van der Waals surface area (Å²) in [5.41, 5.74) is 5.85. The van der Waals surface area contributed by atoms with Crippen LogP contribution < -0.4 is 11.1 Å². The molecule has 12 heavy (non-hydrogen) atoms. The Bertz CT molecular complexity index is 178. The molecule has 2 atom stereocenters. The van der Waals surface area contributed by atoms with E-state index < -0.39 is 0 Å². The summed E-state index contributed by atoms with van der Waals surface area (Å²) in [6.45, 7) is 2.68. The van der Waals surface area contributed by atoms with Crippen molar-refractivity contribution in [2.45, 2.75) is 44.7 Å². The summed E-state index contributed by atoms with van der Waals surface area (Å²) >= 11 is 0. The second-order valence-corrected chi connectivity index (χ2v) is 3.43. The van der Waals surface area contributed by atoms with Gasteiger partial charge >= 0.3 is 0 Å². The highest BCUT2D eigenvalue weighted by Crippen LogP contribution is 2.16. The predicted molar refractivity (Wildman–Crippen MR) is 51.7 cm³/mol. The first kappa shape index (κ1) is 9.57. The molecule has 0 aromatic heterocycles. The zero-order valence-corrected chi connectivity index (χ0v) is 7.77. The topological polar surface area (TPSA) is 38.0 Å². The number of hydrogen-bond donors (Lipinski definition) is 2. The van der Waals surface area contributed by atoms with Gasteiger partial charge in [0.15, 0.2) is 0 Å². The Hall–Kier alpha value is -0.520. The summed E-state index contributed by atoms with van der Waals surface area (Å²) in [5, 5.41) is 3.40. The quantitative estimate of drug-likeness (QED) is 0.597. The predicted octanol–water partition coefficient (Wildman–Crippen LogP) is 0.869. The fourth-order valence-corrected chi connectivity index (χ4v) is 1.70. The van der Waals surface area contributed by atoms with Crippen LogP contribution in [-0.4, -0.2) is 18.6 Å². The molecule has 0 aromatic carbocycles. The third-order valence-corrected chi connectivity index (χ3v) is 2.37. The smallest absolute Gasteiger partial charge is 0.0578 e. The van der Waals surface area contributed by atoms with Crippen molar-refractivity contribution in [1.82, 2.24) is 5.32 Å². The van der Waals surface area contributed by atoms with Crippen LogP contribution in [0.3, 0.4) is 0 Å². The minimum Gasteiger partial charge on any atom is -0.328 e. The molecule has 0 heterocycles. The Balaban J connectivity index is 2.17. The van der Waals surface area contributed by atoms with E-state index in [1.54, 1.807) is 0 Å². The highest BCUT2D eigenvalue weighted by atomic mass is 14.9. The largest absolute Gasteiger partial charge is 0.328 e. The number of hydrogen-bond acceptors (Lipinski definition) is 2. The number of nitrogens with one attached hydrogen (secondary N) is 1. The van der Waals surface area contributed by atoms with Gasteiger partial charge in [0, 0.05) is 12.1 Å². The van der Waals surface area contributed by atoms with E-state index in [2.05, 4.69) is 17.2 Å². The molecule has 0 bridgehead atoms. The molecule has 0 aromatic rings. The fourth-order valence-electron chi connectivity index (χ4n) is 1.70. The second kappa shape index (κ2) is 5.18. The van der Waals surface area contributed by atoms with Gasteiger partial charge in [-0.2, -0.15) is 0 Å². The lowest BCUT2D eigenvalue weighted by molar-refractivity contribution is 0.349. The van der Waals surface area contributed by atoms with Crippen LogP contribution in [0.1, 0.15) is 32.6 Å². The van der Waals surface area contributed by atoms with Crippen molar-refractivity contribution in [2.75, 3.05) is 6.54 Å². The van der Waals surface area contributed by atoms with Gasteiger partial charge in [0.05, 0.1) is 6.54 Å². The summed E-state index contributed by atoms with van der Waals surface area (Å²) in [6.07, 6.45) is 4.83. The molecule has 1 saturated carbocycles. The van der Waals surface area contributed by atoms with E-state index in [0.29, 0.717) is 12.1 Å². The van der Waals surface area contributed by atoms with E-state index in [0.717, 1.165) is 13.0 Å². The van der Waals surface area contributed by atoms with E-state index in [4.69, 9.17) is 5.73 Å². The van der Waals surface area contributed by atoms with Crippen molar-refractivity contribution in [3.8, 4) is 11.8 Å². The molecule has 1 aliphatic carbocycles. The molecule has 2 heteroatoms. The van der Waals surface area contributed by atoms with Crippen molar-refractivity contribution < 1.29 is 0 Å². The molecule has 2 nitrogen and oxygen atoms in total. The third kappa shape index (κ3) is 3.25. The van der Waals surface area contributed by atoms with Crippen LogP contribution in [0.4, 0.5) is 0 Å². The molecule has 1 rings (SSSR count). The van der Waals surface area contributed by atoms with Gasteiger partial charge in [-0.25, -0.2) is 0 Å². The Labute approximate surface area is 74.9 Å². The Kier molecular flexibility index (Phi) is 4.13. The van der Waals surface area contributed by atoms with E-state index in [9.17, 15) is 0 Å². The minimum absolute atomic E-state index is 0.408. The van der Waals surface area contributed by atoms with Gasteiger partial charge in [-0.05, 0) is 26.2 Å². The van der Waals surface area contributed by atoms with Crippen molar-refractivity contribution in [3.05, 3.63) is 0 Å². The van der Waals surface area contributed by atoms with Crippen LogP contribution in [-0.2, 0) is 0 Å². The average molecular weight is 166 g/mol. The summed E-state index contributed by atoms with van der Waals surface area (Å²) in [6, 6.07) is 1.01. The van der Waals surface area contributed by atoms with Gasteiger partial charge in [0.1, 0.15) is 0 Å². The SMILES string of the molecule is CC#CCNC1CCCC(N)C1. The van der Waals surface area contributed by atoms with Crippen LogP contribution in [0.5, 0.6) is 0 Å². The fraction of sp³-hybridized carbons (Fsp3) is 0.800. The van der Waals surface area contributed by atoms with Crippen LogP contribution in [0.2, 0.25) is 0 Å². The van der Waals surface area contributed by atoms with Crippen LogP contribution in [0, 0.1) is 11.8 Å². The van der Waals surface area contributed by atoms with Gasteiger partial charge in [-0.3, -0.25) is 0 Å². The highest BCUT2D eigenvalue weighted by Gasteiger charge is 2.17. The molecular formula is C10H18N2. The van der Waals surface area contributed by atoms with Crippen molar-refractivity contribution in [1.29, 1.82) is 0 Å². The van der Waals surface area contributed by atoms with E-state index in [1.165, 1.54) is 19.3 Å². The first-order valence-corrected chi connectivity index (χ1v) is 4.71. The second-order valence-electron chi connectivity index (χ2n) is 3.43. The van der Waals surface area contributed by atoms with Gasteiger partial charge in [-0.1, -0.05) is 12.3 Å². The zero-order valence-electron chi connectivity index (χ0n) is 7.77. The molecule has 0 spiro atoms. The first-order chi connectivity index (χ1) is 5.83. The van der Waals surface area contributed by atoms with Crippen molar-refractivity contribution in [3.63, 3.8) is 0 Å². The normalized spacial score (nSPS) is 29.2. The van der Waals surface area contributed by atoms with Crippen LogP contribution in [0.15, 0.2) is 0 Å². The van der Waals surface area contributed by atoms with Gasteiger partial charge in [-0.15, -0.1) is 5.92 Å². The summed E-state index contributed by atoms with van der Waals surface area (Å²) < 4.78 is 0. The summed E-state index contributed by atoms with van der Waals surface area (Å²) in [4.78, 5) is 0. The molecule has 2 unspecified atom stereocenters. The zero-order chi connectivity index (χ0) is 8.81. The molecule has 0 amide bonds. The van der Waals surface area contributed by atoms with Crippen molar-refractivity contribution >= 4 is 0 Å². The van der Waals surface area contributed by atoms with E-state index >= 15 is 0 Å². The Morgan fingerprint density at radius 3 is 3.00 bits per heavy atom. The van der Waals surface area contributed by atoms with Gasteiger partial charge < -0.3 is 11.1 Å². The standard InChI is InChI=1S/C10H18N2/c1-2-3-7-12-10-6-4-5-9(11)8-10/h9-10,12H,4-8,11H2,1H3. The summed E-state index contributed by atoms with van der Waals surface area (Å²) in [5.74, 6) is 5.88. The Morgan fingerprint density at radius 2 is 2.33 bits per heavy atom. The molecule has 1 fully saturated rings. The van der Waals surface area contributed by atoms with Gasteiger partial charge in [0.25, 0.3) is 0 Å². The third-order valence-electron chi connectivity index (χ3n) is 2.37. The molecule has 0 aliphatic heterocycles. The van der Waals surface area contributed by atoms with E-state index in [1.807, 2.05) is 6.92 Å². The maximum absolute atomic E-state index is 5.85. The minimum atomic E-state index is 0.408. The number of nitrogens with two attached hydrogens (primary N) is 1. The maximum atomic E-state index is 5.85. The monoisotopic (exact) mass is 166 g/mol. The lowest BCUT2D eigenvalue weighted by atomic mass is 9.92. The molecule has 1 aliphatic rings. The lowest BCUT2D eigenvalue weighted by Gasteiger charge is -2.26. The average Bonchev–Trinajstić information content (AvgIpc) is 2.05. The van der Waals surface area contributed by atoms with Gasteiger partial charge in [0.2, 0.25) is 0 Å². The lowest BCUT2D eigenvalue weighted by Crippen LogP contribution is -2.39. The van der Waals surface area contributed by atoms with Crippen molar-refractivity contribution in [2.24, 2.45) is 5.73 Å². The van der Waals surface area contributed by atoms with E-state index in [-0.39, 0.29) is 0 Å². The molecule has 3 N–H and O–H groups in total. The first-order valence-electron chi connectivity index (χ1n) is 4.71. The summed E-state index contributed by atoms with van der Waals surface area (Å²) in [7, 11) is 0. The molecule has 0 radical (unpaired) electrons.